The van der Waals surface area contributed by atoms with Crippen molar-refractivity contribution in [2.45, 2.75) is 104 Å². The number of piperidine rings is 1. The monoisotopic (exact) mass is 742 g/mol. The van der Waals surface area contributed by atoms with Crippen LogP contribution in [0.3, 0.4) is 0 Å². The van der Waals surface area contributed by atoms with Gasteiger partial charge in [0.1, 0.15) is 28.9 Å². The molecule has 1 aromatic carbocycles. The highest BCUT2D eigenvalue weighted by molar-refractivity contribution is 6.05. The van der Waals surface area contributed by atoms with E-state index < -0.39 is 54.0 Å². The van der Waals surface area contributed by atoms with Gasteiger partial charge in [0.15, 0.2) is 6.10 Å². The molecule has 2 aliphatic heterocycles. The lowest BCUT2D eigenvalue weighted by molar-refractivity contribution is -0.112. The Bertz CT molecular complexity index is 1580. The number of rotatable bonds is 5. The number of amides is 3. The number of hydrogen-bond acceptors (Lipinski definition) is 11. The second kappa shape index (κ2) is 19.1. The van der Waals surface area contributed by atoms with Crippen LogP contribution < -0.4 is 11.1 Å². The van der Waals surface area contributed by atoms with Crippen molar-refractivity contribution in [1.82, 2.24) is 4.90 Å². The molecule has 3 amide bonds. The van der Waals surface area contributed by atoms with Gasteiger partial charge in [-0.1, -0.05) is 38.2 Å². The first-order valence-corrected chi connectivity index (χ1v) is 18.0. The number of carbonyl (C=O) groups is 3. The highest BCUT2D eigenvalue weighted by Gasteiger charge is 2.31. The maximum absolute atomic E-state index is 13.3. The van der Waals surface area contributed by atoms with Crippen LogP contribution in [0.5, 0.6) is 11.5 Å². The zero-order valence-corrected chi connectivity index (χ0v) is 32.4. The van der Waals surface area contributed by atoms with Gasteiger partial charge in [-0.05, 0) is 71.8 Å². The first kappa shape index (κ1) is 43.0. The molecule has 1 aromatic rings. The van der Waals surface area contributed by atoms with Crippen LogP contribution in [0.15, 0.2) is 46.5 Å². The maximum Gasteiger partial charge on any atom is 0.410 e. The number of ether oxygens (including phenoxy) is 4. The molecule has 6 N–H and O–H groups in total. The maximum atomic E-state index is 13.3. The Labute approximate surface area is 312 Å². The minimum atomic E-state index is -1.01. The number of anilines is 1. The Morgan fingerprint density at radius 1 is 1.13 bits per heavy atom. The summed E-state index contributed by atoms with van der Waals surface area (Å²) in [5.74, 6) is -1.90. The summed E-state index contributed by atoms with van der Waals surface area (Å²) in [6.45, 7) is 13.4. The quantitative estimate of drug-likeness (QED) is 0.105. The predicted molar refractivity (Wildman–Crippen MR) is 202 cm³/mol. The molecule has 1 fully saturated rings. The van der Waals surface area contributed by atoms with E-state index in [2.05, 4.69) is 10.3 Å². The van der Waals surface area contributed by atoms with Crippen molar-refractivity contribution in [2.24, 2.45) is 28.5 Å². The van der Waals surface area contributed by atoms with Crippen LogP contribution in [0.2, 0.25) is 0 Å². The molecule has 2 heterocycles. The third kappa shape index (κ3) is 12.3. The van der Waals surface area contributed by atoms with Crippen molar-refractivity contribution in [2.75, 3.05) is 32.6 Å². The molecule has 0 spiro atoms. The third-order valence-corrected chi connectivity index (χ3v) is 9.33. The molecule has 0 saturated carbocycles. The summed E-state index contributed by atoms with van der Waals surface area (Å²) in [5.41, 5.74) is 6.02. The summed E-state index contributed by atoms with van der Waals surface area (Å²) in [6.07, 6.45) is 5.41. The summed E-state index contributed by atoms with van der Waals surface area (Å²) in [6, 6.07) is 1.25. The average molecular weight is 743 g/mol. The van der Waals surface area contributed by atoms with Crippen molar-refractivity contribution in [3.8, 4) is 11.5 Å². The molecule has 294 valence electrons. The van der Waals surface area contributed by atoms with Crippen molar-refractivity contribution in [3.63, 3.8) is 0 Å². The van der Waals surface area contributed by atoms with Gasteiger partial charge in [0.2, 0.25) is 0 Å². The first-order valence-electron chi connectivity index (χ1n) is 18.0. The highest BCUT2D eigenvalue weighted by atomic mass is 16.6. The van der Waals surface area contributed by atoms with Crippen LogP contribution in [0, 0.1) is 17.8 Å². The van der Waals surface area contributed by atoms with E-state index in [0.29, 0.717) is 30.6 Å². The fourth-order valence-electron chi connectivity index (χ4n) is 6.54. The minimum absolute atomic E-state index is 0.0153. The molecular weight excluding hydrogens is 684 g/mol. The Morgan fingerprint density at radius 2 is 1.83 bits per heavy atom. The molecule has 7 atom stereocenters. The Morgan fingerprint density at radius 3 is 2.45 bits per heavy atom. The molecule has 3 rings (SSSR count). The number of benzene rings is 1. The molecule has 1 saturated heterocycles. The van der Waals surface area contributed by atoms with E-state index in [0.717, 1.165) is 12.8 Å². The SMILES string of the molecule is COC1C=C/C=C(\C)C(=O)Nc2cc(O)c(N=CC3CCCN(C(=O)OC(C)(C)C)C3)c(c2O)CC(C)CC(OC)C(O)C(C)C=C(C)C1OC(N)=O. The molecule has 0 radical (unpaired) electrons. The van der Waals surface area contributed by atoms with E-state index in [4.69, 9.17) is 24.7 Å². The van der Waals surface area contributed by atoms with Crippen molar-refractivity contribution < 1.29 is 48.7 Å². The summed E-state index contributed by atoms with van der Waals surface area (Å²) < 4.78 is 22.3. The topological polar surface area (TPSA) is 202 Å². The van der Waals surface area contributed by atoms with Gasteiger partial charge in [0, 0.05) is 62.6 Å². The predicted octanol–water partition coefficient (Wildman–Crippen LogP) is 5.91. The van der Waals surface area contributed by atoms with Gasteiger partial charge >= 0.3 is 12.2 Å². The largest absolute Gasteiger partial charge is 0.506 e. The molecule has 2 aliphatic rings. The number of phenols is 2. The van der Waals surface area contributed by atoms with Gasteiger partial charge in [-0.15, -0.1) is 0 Å². The van der Waals surface area contributed by atoms with E-state index in [-0.39, 0.29) is 46.7 Å². The van der Waals surface area contributed by atoms with E-state index in [9.17, 15) is 29.7 Å². The van der Waals surface area contributed by atoms with Crippen LogP contribution in [-0.2, 0) is 30.2 Å². The number of aliphatic imine (C=N–C) groups is 1. The molecular formula is C39H58N4O10. The molecule has 14 nitrogen and oxygen atoms in total. The number of primary amides is 1. The van der Waals surface area contributed by atoms with Crippen LogP contribution in [0.4, 0.5) is 21.0 Å². The number of hydrogen-bond donors (Lipinski definition) is 5. The van der Waals surface area contributed by atoms with E-state index >= 15 is 0 Å². The highest BCUT2D eigenvalue weighted by Crippen LogP contribution is 2.44. The molecule has 2 bridgehead atoms. The van der Waals surface area contributed by atoms with Crippen molar-refractivity contribution >= 4 is 35.7 Å². The molecule has 53 heavy (non-hydrogen) atoms. The number of nitrogens with zero attached hydrogens (tertiary/aromatic N) is 2. The second-order valence-corrected chi connectivity index (χ2v) is 15.1. The Hall–Kier alpha value is -4.40. The summed E-state index contributed by atoms with van der Waals surface area (Å²) in [7, 11) is 2.94. The van der Waals surface area contributed by atoms with E-state index in [1.54, 1.807) is 43.2 Å². The van der Waals surface area contributed by atoms with Crippen LogP contribution >= 0.6 is 0 Å². The smallest absolute Gasteiger partial charge is 0.410 e. The molecule has 0 aliphatic carbocycles. The van der Waals surface area contributed by atoms with Gasteiger partial charge in [-0.25, -0.2) is 9.59 Å². The Kier molecular flexibility index (Phi) is 15.5. The number of aromatic hydroxyl groups is 2. The Balaban J connectivity index is 2.06. The number of methoxy groups -OCH3 is 2. The molecule has 14 heteroatoms. The number of nitrogens with two attached hydrogens (primary N) is 1. The van der Waals surface area contributed by atoms with Gasteiger partial charge in [-0.3, -0.25) is 9.79 Å². The number of aliphatic hydroxyl groups excluding tert-OH is 1. The van der Waals surface area contributed by atoms with Gasteiger partial charge in [0.25, 0.3) is 5.91 Å². The number of nitrogens with one attached hydrogen (secondary N) is 1. The first-order chi connectivity index (χ1) is 24.8. The zero-order valence-electron chi connectivity index (χ0n) is 32.4. The van der Waals surface area contributed by atoms with Gasteiger partial charge in [0.05, 0.1) is 17.9 Å². The fourth-order valence-corrected chi connectivity index (χ4v) is 6.54. The average Bonchev–Trinajstić information content (AvgIpc) is 3.08. The number of aliphatic hydroxyl groups is 1. The van der Waals surface area contributed by atoms with Gasteiger partial charge in [-0.2, -0.15) is 0 Å². The zero-order chi connectivity index (χ0) is 39.6. The third-order valence-electron chi connectivity index (χ3n) is 9.33. The minimum Gasteiger partial charge on any atom is -0.506 e. The second-order valence-electron chi connectivity index (χ2n) is 15.1. The summed E-state index contributed by atoms with van der Waals surface area (Å²) in [4.78, 5) is 44.2. The number of phenolic OH excluding ortho intramolecular Hbond substituents is 2. The van der Waals surface area contributed by atoms with Gasteiger partial charge < -0.3 is 50.2 Å². The van der Waals surface area contributed by atoms with E-state index in [1.165, 1.54) is 26.4 Å². The lowest BCUT2D eigenvalue weighted by Gasteiger charge is -2.32. The van der Waals surface area contributed by atoms with E-state index in [1.807, 2.05) is 34.6 Å². The lowest BCUT2D eigenvalue weighted by Crippen LogP contribution is -2.43. The normalized spacial score (nSPS) is 27.8. The summed E-state index contributed by atoms with van der Waals surface area (Å²) in [5, 5.41) is 37.1. The van der Waals surface area contributed by atoms with Crippen LogP contribution in [-0.4, -0.2) is 102 Å². The summed E-state index contributed by atoms with van der Waals surface area (Å²) >= 11 is 0. The van der Waals surface area contributed by atoms with Crippen molar-refractivity contribution in [3.05, 3.63) is 47.1 Å². The van der Waals surface area contributed by atoms with Crippen LogP contribution in [0.25, 0.3) is 0 Å². The molecule has 7 unspecified atom stereocenters. The lowest BCUT2D eigenvalue weighted by atomic mass is 9.87. The fraction of sp³-hybridized carbons (Fsp3) is 0.590. The standard InChI is InChI=1S/C39H58N4O10/c1-22-16-27-32(41-20-26-13-11-15-43(21-26)38(49)53-39(5,6)7)29(44)19-28(34(27)46)42-36(47)23(2)12-10-14-30(50-8)35(52-37(40)48)25(4)18-24(3)33(45)31(17-22)51-9/h10,12,14,18-20,22,24,26,30-31,33,35,44-46H,11,13,15-17,21H2,1-9H3,(H2,40,48)(H,42,47)/b14-10?,23-12+,25-18?,41-20?. The van der Waals surface area contributed by atoms with Crippen LogP contribution in [0.1, 0.15) is 73.3 Å². The number of likely N-dealkylation sites (tertiary alicyclic amines) is 1. The molecule has 0 aromatic heterocycles. The van der Waals surface area contributed by atoms with Crippen molar-refractivity contribution in [1.29, 1.82) is 0 Å². The number of carbonyl (C=O) groups excluding carboxylic acids is 3. The number of fused-ring (bicyclic) bond motifs is 2. The number of allylic oxidation sites excluding steroid dienone is 2.